The number of unbranched alkanes of at least 4 members (excludes halogenated alkanes) is 1. The predicted octanol–water partition coefficient (Wildman–Crippen LogP) is 1.49. The zero-order chi connectivity index (χ0) is 12.1. The lowest BCUT2D eigenvalue weighted by Crippen LogP contribution is -2.29. The Morgan fingerprint density at radius 2 is 2.29 bits per heavy atom. The summed E-state index contributed by atoms with van der Waals surface area (Å²) in [5.74, 6) is -0.0566. The van der Waals surface area contributed by atoms with Gasteiger partial charge in [-0.2, -0.15) is 0 Å². The van der Waals surface area contributed by atoms with Gasteiger partial charge in [0.2, 0.25) is 0 Å². The molecule has 0 aromatic rings. The quantitative estimate of drug-likeness (QED) is 0.542. The van der Waals surface area contributed by atoms with Gasteiger partial charge in [0.05, 0.1) is 18.1 Å². The van der Waals surface area contributed by atoms with Gasteiger partial charge in [0.25, 0.3) is 0 Å². The molecular formula is C13H23NO3. The minimum atomic E-state index is -0.0607. The first-order valence-corrected chi connectivity index (χ1v) is 6.84. The molecular weight excluding hydrogens is 218 g/mol. The second-order valence-electron chi connectivity index (χ2n) is 4.99. The standard InChI is InChI=1S/C13H23NO3/c1-2-3-6-14-7-8-16-13(15)11-9-10-4-5-12(11)17-10/h10-12,14H,2-9H2,1H3. The largest absolute Gasteiger partial charge is 0.464 e. The molecule has 0 aliphatic carbocycles. The van der Waals surface area contributed by atoms with E-state index in [1.165, 1.54) is 12.8 Å². The maximum atomic E-state index is 11.8. The molecule has 2 fully saturated rings. The average Bonchev–Trinajstić information content (AvgIpc) is 2.95. The first-order valence-electron chi connectivity index (χ1n) is 6.84. The van der Waals surface area contributed by atoms with E-state index in [0.717, 1.165) is 32.4 Å². The van der Waals surface area contributed by atoms with E-state index in [-0.39, 0.29) is 18.0 Å². The zero-order valence-corrected chi connectivity index (χ0v) is 10.6. The predicted molar refractivity (Wildman–Crippen MR) is 64.7 cm³/mol. The molecule has 0 aromatic heterocycles. The highest BCUT2D eigenvalue weighted by Gasteiger charge is 2.45. The van der Waals surface area contributed by atoms with Gasteiger partial charge in [-0.05, 0) is 32.2 Å². The minimum Gasteiger partial charge on any atom is -0.464 e. The third kappa shape index (κ3) is 3.42. The number of ether oxygens (including phenoxy) is 2. The van der Waals surface area contributed by atoms with Gasteiger partial charge in [0.15, 0.2) is 0 Å². The van der Waals surface area contributed by atoms with Crippen LogP contribution in [0.1, 0.15) is 39.0 Å². The summed E-state index contributed by atoms with van der Waals surface area (Å²) < 4.78 is 10.9. The van der Waals surface area contributed by atoms with Gasteiger partial charge in [-0.1, -0.05) is 13.3 Å². The van der Waals surface area contributed by atoms with Crippen LogP contribution in [0.25, 0.3) is 0 Å². The van der Waals surface area contributed by atoms with Crippen molar-refractivity contribution in [1.82, 2.24) is 5.32 Å². The molecule has 0 spiro atoms. The van der Waals surface area contributed by atoms with Crippen molar-refractivity contribution in [3.63, 3.8) is 0 Å². The molecule has 2 aliphatic heterocycles. The fourth-order valence-electron chi connectivity index (χ4n) is 2.64. The van der Waals surface area contributed by atoms with Gasteiger partial charge in [-0.25, -0.2) is 0 Å². The topological polar surface area (TPSA) is 47.6 Å². The molecule has 2 bridgehead atoms. The molecule has 2 aliphatic rings. The molecule has 98 valence electrons. The second-order valence-corrected chi connectivity index (χ2v) is 4.99. The first-order chi connectivity index (χ1) is 8.31. The molecule has 17 heavy (non-hydrogen) atoms. The van der Waals surface area contributed by atoms with Crippen molar-refractivity contribution in [3.05, 3.63) is 0 Å². The van der Waals surface area contributed by atoms with Crippen LogP contribution in [0.3, 0.4) is 0 Å². The van der Waals surface area contributed by atoms with Crippen LogP contribution < -0.4 is 5.32 Å². The minimum absolute atomic E-state index is 0.00407. The van der Waals surface area contributed by atoms with E-state index in [9.17, 15) is 4.79 Å². The Morgan fingerprint density at radius 1 is 1.41 bits per heavy atom. The molecule has 3 atom stereocenters. The summed E-state index contributed by atoms with van der Waals surface area (Å²) in [6.45, 7) is 4.41. The molecule has 2 saturated heterocycles. The maximum absolute atomic E-state index is 11.8. The number of rotatable bonds is 7. The van der Waals surface area contributed by atoms with Crippen LogP contribution in [-0.4, -0.2) is 37.9 Å². The second kappa shape index (κ2) is 6.36. The third-order valence-corrected chi connectivity index (χ3v) is 3.64. The molecule has 3 unspecified atom stereocenters. The van der Waals surface area contributed by atoms with Gasteiger partial charge in [0, 0.05) is 6.54 Å². The van der Waals surface area contributed by atoms with Gasteiger partial charge in [-0.15, -0.1) is 0 Å². The van der Waals surface area contributed by atoms with Crippen molar-refractivity contribution in [3.8, 4) is 0 Å². The Balaban J connectivity index is 1.55. The summed E-state index contributed by atoms with van der Waals surface area (Å²) in [6, 6.07) is 0. The van der Waals surface area contributed by atoms with Crippen molar-refractivity contribution in [2.75, 3.05) is 19.7 Å². The van der Waals surface area contributed by atoms with Gasteiger partial charge < -0.3 is 14.8 Å². The molecule has 1 N–H and O–H groups in total. The SMILES string of the molecule is CCCCNCCOC(=O)C1CC2CCC1O2. The monoisotopic (exact) mass is 241 g/mol. The summed E-state index contributed by atoms with van der Waals surface area (Å²) in [4.78, 5) is 11.8. The number of hydrogen-bond acceptors (Lipinski definition) is 4. The van der Waals surface area contributed by atoms with Crippen LogP contribution in [-0.2, 0) is 14.3 Å². The molecule has 0 saturated carbocycles. The summed E-state index contributed by atoms with van der Waals surface area (Å²) in [6.07, 6.45) is 5.84. The molecule has 0 amide bonds. The molecule has 0 aromatic carbocycles. The zero-order valence-electron chi connectivity index (χ0n) is 10.6. The van der Waals surface area contributed by atoms with Crippen LogP contribution in [0.5, 0.6) is 0 Å². The lowest BCUT2D eigenvalue weighted by molar-refractivity contribution is -0.150. The van der Waals surface area contributed by atoms with Gasteiger partial charge in [0.1, 0.15) is 6.61 Å². The van der Waals surface area contributed by atoms with E-state index in [2.05, 4.69) is 12.2 Å². The van der Waals surface area contributed by atoms with Crippen molar-refractivity contribution in [1.29, 1.82) is 0 Å². The Hall–Kier alpha value is -0.610. The highest BCUT2D eigenvalue weighted by atomic mass is 16.5. The fourth-order valence-corrected chi connectivity index (χ4v) is 2.64. The van der Waals surface area contributed by atoms with Gasteiger partial charge >= 0.3 is 5.97 Å². The lowest BCUT2D eigenvalue weighted by Gasteiger charge is -2.17. The van der Waals surface area contributed by atoms with Crippen LogP contribution in [0.2, 0.25) is 0 Å². The molecule has 4 heteroatoms. The number of carbonyl (C=O) groups excluding carboxylic acids is 1. The van der Waals surface area contributed by atoms with Crippen LogP contribution in [0.4, 0.5) is 0 Å². The van der Waals surface area contributed by atoms with E-state index < -0.39 is 0 Å². The average molecular weight is 241 g/mol. The smallest absolute Gasteiger partial charge is 0.311 e. The normalized spacial score (nSPS) is 30.8. The van der Waals surface area contributed by atoms with E-state index >= 15 is 0 Å². The number of nitrogens with one attached hydrogen (secondary N) is 1. The van der Waals surface area contributed by atoms with Crippen molar-refractivity contribution in [2.45, 2.75) is 51.2 Å². The van der Waals surface area contributed by atoms with Crippen LogP contribution in [0, 0.1) is 5.92 Å². The Labute approximate surface area is 103 Å². The summed E-state index contributed by atoms with van der Waals surface area (Å²) in [5, 5.41) is 3.26. The highest BCUT2D eigenvalue weighted by Crippen LogP contribution is 2.39. The molecule has 0 radical (unpaired) electrons. The summed E-state index contributed by atoms with van der Waals surface area (Å²) in [7, 11) is 0. The van der Waals surface area contributed by atoms with Crippen molar-refractivity contribution < 1.29 is 14.3 Å². The Bertz CT molecular complexity index is 257. The third-order valence-electron chi connectivity index (χ3n) is 3.64. The summed E-state index contributed by atoms with van der Waals surface area (Å²) in [5.41, 5.74) is 0. The van der Waals surface area contributed by atoms with Crippen LogP contribution >= 0.6 is 0 Å². The summed E-state index contributed by atoms with van der Waals surface area (Å²) >= 11 is 0. The molecule has 4 nitrogen and oxygen atoms in total. The number of esters is 1. The number of carbonyl (C=O) groups is 1. The van der Waals surface area contributed by atoms with E-state index in [1.807, 2.05) is 0 Å². The number of hydrogen-bond donors (Lipinski definition) is 1. The lowest BCUT2D eigenvalue weighted by atomic mass is 9.89. The highest BCUT2D eigenvalue weighted by molar-refractivity contribution is 5.73. The van der Waals surface area contributed by atoms with Crippen molar-refractivity contribution >= 4 is 5.97 Å². The van der Waals surface area contributed by atoms with E-state index in [0.29, 0.717) is 12.7 Å². The van der Waals surface area contributed by atoms with E-state index in [4.69, 9.17) is 9.47 Å². The fraction of sp³-hybridized carbons (Fsp3) is 0.923. The first kappa shape index (κ1) is 12.8. The van der Waals surface area contributed by atoms with Gasteiger partial charge in [-0.3, -0.25) is 4.79 Å². The maximum Gasteiger partial charge on any atom is 0.311 e. The van der Waals surface area contributed by atoms with Crippen molar-refractivity contribution in [2.24, 2.45) is 5.92 Å². The van der Waals surface area contributed by atoms with Crippen LogP contribution in [0.15, 0.2) is 0 Å². The van der Waals surface area contributed by atoms with E-state index in [1.54, 1.807) is 0 Å². The molecule has 2 rings (SSSR count). The Morgan fingerprint density at radius 3 is 2.94 bits per heavy atom. The molecule has 2 heterocycles. The number of fused-ring (bicyclic) bond motifs is 2. The Kier molecular flexibility index (Phi) is 4.80.